The maximum atomic E-state index is 13.6. The molecule has 0 radical (unpaired) electrons. The molecule has 6 heteroatoms. The summed E-state index contributed by atoms with van der Waals surface area (Å²) in [5.41, 5.74) is 6.22. The number of hydrogen-bond acceptors (Lipinski definition) is 3. The van der Waals surface area contributed by atoms with Crippen molar-refractivity contribution in [2.24, 2.45) is 10.9 Å². The summed E-state index contributed by atoms with van der Waals surface area (Å²) in [4.78, 5) is 13.6. The predicted molar refractivity (Wildman–Crippen MR) is 70.7 cm³/mol. The molecule has 0 saturated heterocycles. The minimum absolute atomic E-state index is 0.0379. The number of hydrogen-bond donors (Lipinski definition) is 2. The fraction of sp³-hybridized carbons (Fsp3) is 0.385. The highest BCUT2D eigenvalue weighted by Gasteiger charge is 2.18. The second kappa shape index (κ2) is 6.72. The summed E-state index contributed by atoms with van der Waals surface area (Å²) in [5, 5.41) is 11.3. The number of halogens is 1. The minimum atomic E-state index is -0.544. The van der Waals surface area contributed by atoms with E-state index in [2.05, 4.69) is 5.16 Å². The van der Waals surface area contributed by atoms with Crippen molar-refractivity contribution >= 4 is 11.7 Å². The number of nitrogens with zero attached hydrogens (tertiary/aromatic N) is 2. The molecule has 0 aliphatic rings. The molecular weight excluding hydrogens is 249 g/mol. The van der Waals surface area contributed by atoms with Crippen molar-refractivity contribution in [1.29, 1.82) is 0 Å². The van der Waals surface area contributed by atoms with Gasteiger partial charge in [-0.25, -0.2) is 4.39 Å². The Morgan fingerprint density at radius 1 is 1.53 bits per heavy atom. The molecule has 19 heavy (non-hydrogen) atoms. The zero-order valence-electron chi connectivity index (χ0n) is 11.1. The SMILES string of the molecule is CCN(CCC(N)=NO)C(=O)c1cc(C)ccc1F. The Morgan fingerprint density at radius 3 is 2.79 bits per heavy atom. The van der Waals surface area contributed by atoms with Crippen LogP contribution in [0.1, 0.15) is 29.3 Å². The first-order chi connectivity index (χ1) is 8.99. The van der Waals surface area contributed by atoms with Crippen molar-refractivity contribution in [2.45, 2.75) is 20.3 Å². The third-order valence-electron chi connectivity index (χ3n) is 2.79. The van der Waals surface area contributed by atoms with E-state index in [4.69, 9.17) is 10.9 Å². The van der Waals surface area contributed by atoms with Crippen molar-refractivity contribution in [3.8, 4) is 0 Å². The molecule has 1 aromatic rings. The number of benzene rings is 1. The molecule has 0 fully saturated rings. The normalized spacial score (nSPS) is 11.4. The highest BCUT2D eigenvalue weighted by Crippen LogP contribution is 2.13. The van der Waals surface area contributed by atoms with E-state index in [0.29, 0.717) is 6.54 Å². The predicted octanol–water partition coefficient (Wildman–Crippen LogP) is 1.73. The number of carbonyl (C=O) groups excluding carboxylic acids is 1. The lowest BCUT2D eigenvalue weighted by atomic mass is 10.1. The number of aryl methyl sites for hydroxylation is 1. The quantitative estimate of drug-likeness (QED) is 0.369. The first-order valence-electron chi connectivity index (χ1n) is 6.01. The smallest absolute Gasteiger partial charge is 0.256 e. The van der Waals surface area contributed by atoms with E-state index in [1.165, 1.54) is 17.0 Å². The first kappa shape index (κ1) is 14.9. The van der Waals surface area contributed by atoms with Crippen LogP contribution < -0.4 is 5.73 Å². The van der Waals surface area contributed by atoms with Crippen LogP contribution in [-0.2, 0) is 0 Å². The number of rotatable bonds is 5. The second-order valence-corrected chi connectivity index (χ2v) is 4.21. The van der Waals surface area contributed by atoms with E-state index in [-0.39, 0.29) is 24.4 Å². The average Bonchev–Trinajstić information content (AvgIpc) is 2.41. The van der Waals surface area contributed by atoms with Gasteiger partial charge in [0.2, 0.25) is 0 Å². The van der Waals surface area contributed by atoms with Crippen LogP contribution in [0.5, 0.6) is 0 Å². The number of amides is 1. The van der Waals surface area contributed by atoms with Crippen LogP contribution in [0, 0.1) is 12.7 Å². The highest BCUT2D eigenvalue weighted by atomic mass is 19.1. The molecule has 0 aromatic heterocycles. The molecular formula is C13H18FN3O2. The number of carbonyl (C=O) groups is 1. The van der Waals surface area contributed by atoms with Gasteiger partial charge in [0.1, 0.15) is 11.7 Å². The monoisotopic (exact) mass is 267 g/mol. The molecule has 0 unspecified atom stereocenters. The van der Waals surface area contributed by atoms with Gasteiger partial charge in [0.25, 0.3) is 5.91 Å². The molecule has 1 aromatic carbocycles. The van der Waals surface area contributed by atoms with Crippen LogP contribution in [0.15, 0.2) is 23.4 Å². The van der Waals surface area contributed by atoms with E-state index in [1.54, 1.807) is 19.9 Å². The zero-order chi connectivity index (χ0) is 14.4. The summed E-state index contributed by atoms with van der Waals surface area (Å²) in [6.07, 6.45) is 0.240. The molecule has 0 heterocycles. The van der Waals surface area contributed by atoms with Crippen LogP contribution >= 0.6 is 0 Å². The second-order valence-electron chi connectivity index (χ2n) is 4.21. The number of nitrogens with two attached hydrogens (primary N) is 1. The van der Waals surface area contributed by atoms with Crippen molar-refractivity contribution in [2.75, 3.05) is 13.1 Å². The lowest BCUT2D eigenvalue weighted by molar-refractivity contribution is 0.0763. The molecule has 0 aliphatic heterocycles. The van der Waals surface area contributed by atoms with E-state index < -0.39 is 11.7 Å². The molecule has 5 nitrogen and oxygen atoms in total. The van der Waals surface area contributed by atoms with Crippen molar-refractivity contribution in [3.05, 3.63) is 35.1 Å². The third-order valence-corrected chi connectivity index (χ3v) is 2.79. The molecule has 104 valence electrons. The van der Waals surface area contributed by atoms with Crippen LogP contribution in [0.2, 0.25) is 0 Å². The van der Waals surface area contributed by atoms with E-state index in [1.807, 2.05) is 0 Å². The lowest BCUT2D eigenvalue weighted by Crippen LogP contribution is -2.34. The maximum Gasteiger partial charge on any atom is 0.256 e. The summed E-state index contributed by atoms with van der Waals surface area (Å²) < 4.78 is 13.6. The number of amidine groups is 1. The van der Waals surface area contributed by atoms with Gasteiger partial charge in [-0.15, -0.1) is 0 Å². The molecule has 0 aliphatic carbocycles. The third kappa shape index (κ3) is 3.94. The van der Waals surface area contributed by atoms with E-state index in [0.717, 1.165) is 5.56 Å². The molecule has 0 saturated carbocycles. The Hall–Kier alpha value is -2.11. The Labute approximate surface area is 111 Å². The van der Waals surface area contributed by atoms with Gasteiger partial charge in [0.05, 0.1) is 5.56 Å². The Balaban J connectivity index is 2.86. The van der Waals surface area contributed by atoms with Gasteiger partial charge < -0.3 is 15.8 Å². The standard InChI is InChI=1S/C13H18FN3O2/c1-3-17(7-6-12(15)16-19)13(18)10-8-9(2)4-5-11(10)14/h4-5,8,19H,3,6-7H2,1-2H3,(H2,15,16). The Morgan fingerprint density at radius 2 is 2.21 bits per heavy atom. The van der Waals surface area contributed by atoms with Crippen LogP contribution in [0.25, 0.3) is 0 Å². The maximum absolute atomic E-state index is 13.6. The summed E-state index contributed by atoms with van der Waals surface area (Å²) >= 11 is 0. The van der Waals surface area contributed by atoms with E-state index >= 15 is 0 Å². The average molecular weight is 267 g/mol. The summed E-state index contributed by atoms with van der Waals surface area (Å²) in [6.45, 7) is 4.28. The molecule has 1 amide bonds. The molecule has 0 spiro atoms. The molecule has 0 bridgehead atoms. The van der Waals surface area contributed by atoms with Gasteiger partial charge >= 0.3 is 0 Å². The Bertz CT molecular complexity index is 489. The van der Waals surface area contributed by atoms with E-state index in [9.17, 15) is 9.18 Å². The fourth-order valence-electron chi connectivity index (χ4n) is 1.68. The summed E-state index contributed by atoms with van der Waals surface area (Å²) in [7, 11) is 0. The van der Waals surface area contributed by atoms with Gasteiger partial charge in [0.15, 0.2) is 0 Å². The van der Waals surface area contributed by atoms with Gasteiger partial charge in [-0.05, 0) is 26.0 Å². The largest absolute Gasteiger partial charge is 0.409 e. The highest BCUT2D eigenvalue weighted by molar-refractivity contribution is 5.95. The van der Waals surface area contributed by atoms with Gasteiger partial charge in [-0.3, -0.25) is 4.79 Å². The van der Waals surface area contributed by atoms with Gasteiger partial charge in [-0.1, -0.05) is 16.8 Å². The number of oxime groups is 1. The zero-order valence-corrected chi connectivity index (χ0v) is 11.1. The lowest BCUT2D eigenvalue weighted by Gasteiger charge is -2.21. The molecule has 0 atom stereocenters. The van der Waals surface area contributed by atoms with Crippen LogP contribution in [0.4, 0.5) is 4.39 Å². The molecule has 3 N–H and O–H groups in total. The molecule has 1 rings (SSSR count). The van der Waals surface area contributed by atoms with Crippen molar-refractivity contribution in [3.63, 3.8) is 0 Å². The van der Waals surface area contributed by atoms with Crippen molar-refractivity contribution in [1.82, 2.24) is 4.90 Å². The van der Waals surface area contributed by atoms with Crippen molar-refractivity contribution < 1.29 is 14.4 Å². The van der Waals surface area contributed by atoms with Crippen LogP contribution in [0.3, 0.4) is 0 Å². The summed E-state index contributed by atoms with van der Waals surface area (Å²) in [5.74, 6) is -0.900. The summed E-state index contributed by atoms with van der Waals surface area (Å²) in [6, 6.07) is 4.41. The Kier molecular flexibility index (Phi) is 5.29. The van der Waals surface area contributed by atoms with Gasteiger partial charge in [0, 0.05) is 19.5 Å². The minimum Gasteiger partial charge on any atom is -0.409 e. The fourth-order valence-corrected chi connectivity index (χ4v) is 1.68. The van der Waals surface area contributed by atoms with Gasteiger partial charge in [-0.2, -0.15) is 0 Å². The topological polar surface area (TPSA) is 78.9 Å². The first-order valence-corrected chi connectivity index (χ1v) is 6.01. The van der Waals surface area contributed by atoms with Crippen LogP contribution in [-0.4, -0.2) is 34.9 Å².